The third-order valence-electron chi connectivity index (χ3n) is 4.42. The molecule has 4 rings (SSSR count). The molecule has 8 heteroatoms. The number of aryl methyl sites for hydroxylation is 2. The minimum Gasteiger partial charge on any atom is -0.486 e. The molecule has 0 unspecified atom stereocenters. The fourth-order valence-corrected chi connectivity index (χ4v) is 3.27. The molecule has 1 aliphatic heterocycles. The maximum absolute atomic E-state index is 12.1. The number of nitrogens with zero attached hydrogens (tertiary/aromatic N) is 2. The zero-order valence-corrected chi connectivity index (χ0v) is 17.4. The van der Waals surface area contributed by atoms with Gasteiger partial charge in [0.25, 0.3) is 0 Å². The van der Waals surface area contributed by atoms with E-state index >= 15 is 0 Å². The molecular formula is C21H19BrN2O5. The van der Waals surface area contributed by atoms with E-state index in [1.165, 1.54) is 0 Å². The van der Waals surface area contributed by atoms with Crippen LogP contribution in [0.1, 0.15) is 23.4 Å². The number of esters is 1. The zero-order valence-electron chi connectivity index (χ0n) is 15.8. The van der Waals surface area contributed by atoms with Crippen LogP contribution in [0.4, 0.5) is 0 Å². The van der Waals surface area contributed by atoms with E-state index in [4.69, 9.17) is 18.7 Å². The van der Waals surface area contributed by atoms with E-state index in [-0.39, 0.29) is 19.0 Å². The molecule has 0 saturated carbocycles. The number of ether oxygens (including phenoxy) is 3. The first-order valence-corrected chi connectivity index (χ1v) is 10.0. The fourth-order valence-electron chi connectivity index (χ4n) is 2.83. The number of hydrogen-bond donors (Lipinski definition) is 0. The first kappa shape index (κ1) is 19.4. The van der Waals surface area contributed by atoms with Crippen molar-refractivity contribution in [3.63, 3.8) is 0 Å². The third kappa shape index (κ3) is 4.76. The van der Waals surface area contributed by atoms with Gasteiger partial charge in [0.15, 0.2) is 11.5 Å². The van der Waals surface area contributed by atoms with Crippen molar-refractivity contribution in [1.29, 1.82) is 0 Å². The van der Waals surface area contributed by atoms with Crippen molar-refractivity contribution in [1.82, 2.24) is 10.1 Å². The number of rotatable bonds is 6. The van der Waals surface area contributed by atoms with E-state index in [0.717, 1.165) is 21.2 Å². The largest absolute Gasteiger partial charge is 0.486 e. The first-order valence-electron chi connectivity index (χ1n) is 9.22. The van der Waals surface area contributed by atoms with Crippen LogP contribution in [-0.2, 0) is 22.6 Å². The molecule has 0 N–H and O–H groups in total. The van der Waals surface area contributed by atoms with E-state index in [1.54, 1.807) is 0 Å². The second kappa shape index (κ2) is 8.65. The van der Waals surface area contributed by atoms with Crippen LogP contribution in [0.25, 0.3) is 11.4 Å². The van der Waals surface area contributed by atoms with E-state index < -0.39 is 0 Å². The summed E-state index contributed by atoms with van der Waals surface area (Å²) in [6.07, 6.45) is 0.470. The van der Waals surface area contributed by atoms with Crippen molar-refractivity contribution in [2.75, 3.05) is 13.2 Å². The molecule has 1 aromatic heterocycles. The van der Waals surface area contributed by atoms with Gasteiger partial charge in [-0.25, -0.2) is 0 Å². The molecule has 3 aromatic rings. The molecule has 0 amide bonds. The summed E-state index contributed by atoms with van der Waals surface area (Å²) >= 11 is 3.47. The molecule has 0 atom stereocenters. The van der Waals surface area contributed by atoms with E-state index in [9.17, 15) is 4.79 Å². The Morgan fingerprint density at radius 1 is 1.14 bits per heavy atom. The smallest absolute Gasteiger partial charge is 0.306 e. The Hall–Kier alpha value is -2.87. The van der Waals surface area contributed by atoms with E-state index in [1.807, 2.05) is 43.3 Å². The molecule has 29 heavy (non-hydrogen) atoms. The molecule has 7 nitrogen and oxygen atoms in total. The van der Waals surface area contributed by atoms with Gasteiger partial charge in [0.2, 0.25) is 11.7 Å². The topological polar surface area (TPSA) is 83.7 Å². The van der Waals surface area contributed by atoms with Crippen LogP contribution in [0.15, 0.2) is 45.4 Å². The molecule has 0 radical (unpaired) electrons. The number of halogens is 1. The van der Waals surface area contributed by atoms with E-state index in [2.05, 4.69) is 26.1 Å². The van der Waals surface area contributed by atoms with Crippen molar-refractivity contribution in [3.8, 4) is 22.9 Å². The molecule has 150 valence electrons. The molecule has 0 saturated heterocycles. The number of benzene rings is 2. The van der Waals surface area contributed by atoms with Crippen molar-refractivity contribution in [2.45, 2.75) is 26.4 Å². The normalized spacial score (nSPS) is 12.6. The van der Waals surface area contributed by atoms with Crippen LogP contribution in [0.5, 0.6) is 11.5 Å². The zero-order chi connectivity index (χ0) is 20.2. The lowest BCUT2D eigenvalue weighted by atomic mass is 10.1. The maximum Gasteiger partial charge on any atom is 0.306 e. The Morgan fingerprint density at radius 2 is 1.86 bits per heavy atom. The predicted molar refractivity (Wildman–Crippen MR) is 108 cm³/mol. The van der Waals surface area contributed by atoms with Gasteiger partial charge in [0, 0.05) is 22.0 Å². The van der Waals surface area contributed by atoms with Crippen LogP contribution in [-0.4, -0.2) is 29.3 Å². The number of carbonyl (C=O) groups is 1. The quantitative estimate of drug-likeness (QED) is 0.510. The van der Waals surface area contributed by atoms with E-state index in [0.29, 0.717) is 42.8 Å². The highest BCUT2D eigenvalue weighted by Gasteiger charge is 2.16. The van der Waals surface area contributed by atoms with Gasteiger partial charge in [-0.15, -0.1) is 0 Å². The molecule has 2 aromatic carbocycles. The highest BCUT2D eigenvalue weighted by atomic mass is 79.9. The van der Waals surface area contributed by atoms with Gasteiger partial charge < -0.3 is 18.7 Å². The van der Waals surface area contributed by atoms with Crippen LogP contribution >= 0.6 is 15.9 Å². The Balaban J connectivity index is 1.30. The lowest BCUT2D eigenvalue weighted by molar-refractivity contribution is -0.145. The minimum atomic E-state index is -0.345. The van der Waals surface area contributed by atoms with Crippen molar-refractivity contribution in [2.24, 2.45) is 0 Å². The highest BCUT2D eigenvalue weighted by molar-refractivity contribution is 9.10. The number of carbonyl (C=O) groups excluding carboxylic acids is 1. The van der Waals surface area contributed by atoms with Crippen molar-refractivity contribution < 1.29 is 23.5 Å². The summed E-state index contributed by atoms with van der Waals surface area (Å²) in [6.45, 7) is 3.17. The van der Waals surface area contributed by atoms with Gasteiger partial charge in [-0.2, -0.15) is 4.98 Å². The van der Waals surface area contributed by atoms with Crippen LogP contribution in [0.2, 0.25) is 0 Å². The number of hydrogen-bond acceptors (Lipinski definition) is 7. The average molecular weight is 459 g/mol. The van der Waals surface area contributed by atoms with Crippen molar-refractivity contribution in [3.05, 3.63) is 57.9 Å². The van der Waals surface area contributed by atoms with Gasteiger partial charge in [-0.05, 0) is 19.1 Å². The lowest BCUT2D eigenvalue weighted by Crippen LogP contribution is -2.15. The fraction of sp³-hybridized carbons (Fsp3) is 0.286. The molecule has 2 heterocycles. The Labute approximate surface area is 176 Å². The predicted octanol–water partition coefficient (Wildman–Crippen LogP) is 4.25. The maximum atomic E-state index is 12.1. The summed E-state index contributed by atoms with van der Waals surface area (Å²) in [7, 11) is 0. The van der Waals surface area contributed by atoms with Crippen LogP contribution < -0.4 is 9.47 Å². The van der Waals surface area contributed by atoms with Gasteiger partial charge >= 0.3 is 5.97 Å². The lowest BCUT2D eigenvalue weighted by Gasteiger charge is -2.19. The molecule has 1 aliphatic rings. The summed E-state index contributed by atoms with van der Waals surface area (Å²) in [5, 5.41) is 3.97. The number of fused-ring (bicyclic) bond motifs is 1. The average Bonchev–Trinajstić information content (AvgIpc) is 3.20. The standard InChI is InChI=1S/C21H19BrN2O5/c1-13-2-4-14(5-3-13)21-23-19(29-24-21)6-7-20(25)28-12-15-10-17-18(11-16(15)22)27-9-8-26-17/h2-5,10-11H,6-9,12H2,1H3. The van der Waals surface area contributed by atoms with Gasteiger partial charge in [0.1, 0.15) is 19.8 Å². The summed E-state index contributed by atoms with van der Waals surface area (Å²) in [5.41, 5.74) is 2.84. The van der Waals surface area contributed by atoms with Crippen LogP contribution in [0.3, 0.4) is 0 Å². The Kier molecular flexibility index (Phi) is 5.80. The van der Waals surface area contributed by atoms with Crippen molar-refractivity contribution >= 4 is 21.9 Å². The monoisotopic (exact) mass is 458 g/mol. The molecule has 0 aliphatic carbocycles. The second-order valence-electron chi connectivity index (χ2n) is 6.63. The van der Waals surface area contributed by atoms with Gasteiger partial charge in [-0.1, -0.05) is 50.9 Å². The third-order valence-corrected chi connectivity index (χ3v) is 5.16. The van der Waals surface area contributed by atoms with Crippen LogP contribution in [0, 0.1) is 6.92 Å². The molecule has 0 bridgehead atoms. The Morgan fingerprint density at radius 3 is 2.62 bits per heavy atom. The highest BCUT2D eigenvalue weighted by Crippen LogP contribution is 2.35. The second-order valence-corrected chi connectivity index (χ2v) is 7.48. The minimum absolute atomic E-state index is 0.133. The van der Waals surface area contributed by atoms with Gasteiger partial charge in [-0.3, -0.25) is 4.79 Å². The molecule has 0 spiro atoms. The first-order chi connectivity index (χ1) is 14.1. The number of aromatic nitrogens is 2. The SMILES string of the molecule is Cc1ccc(-c2noc(CCC(=O)OCc3cc4c(cc3Br)OCCO4)n2)cc1. The van der Waals surface area contributed by atoms with Gasteiger partial charge in [0.05, 0.1) is 6.42 Å². The summed E-state index contributed by atoms with van der Waals surface area (Å²) in [4.78, 5) is 16.5. The Bertz CT molecular complexity index is 1020. The molecular weight excluding hydrogens is 440 g/mol. The summed E-state index contributed by atoms with van der Waals surface area (Å²) in [5.74, 6) is 1.90. The summed E-state index contributed by atoms with van der Waals surface area (Å²) in [6, 6.07) is 11.5. The molecule has 0 fully saturated rings. The summed E-state index contributed by atoms with van der Waals surface area (Å²) < 4.78 is 22.5.